The summed E-state index contributed by atoms with van der Waals surface area (Å²) in [6, 6.07) is 18.0. The van der Waals surface area contributed by atoms with Crippen LogP contribution in [-0.2, 0) is 0 Å². The molecule has 0 bridgehead atoms. The van der Waals surface area contributed by atoms with Crippen LogP contribution in [0, 0.1) is 5.92 Å². The lowest BCUT2D eigenvalue weighted by atomic mass is 9.96. The van der Waals surface area contributed by atoms with E-state index in [-0.39, 0.29) is 5.91 Å². The SMILES string of the molecule is O=C(NCC1CCN(c2cccnc2)CC1)c1cccc2ccccc12. The Kier molecular flexibility index (Phi) is 4.82. The number of nitrogens with one attached hydrogen (secondary N) is 1. The van der Waals surface area contributed by atoms with Gasteiger partial charge < -0.3 is 10.2 Å². The number of fused-ring (bicyclic) bond motifs is 1. The number of carbonyl (C=O) groups is 1. The normalized spacial score (nSPS) is 15.2. The first kappa shape index (κ1) is 16.6. The van der Waals surface area contributed by atoms with Gasteiger partial charge in [0.25, 0.3) is 5.91 Å². The Balaban J connectivity index is 1.34. The fourth-order valence-corrected chi connectivity index (χ4v) is 3.69. The zero-order chi connectivity index (χ0) is 17.8. The molecule has 0 saturated carbocycles. The number of amides is 1. The summed E-state index contributed by atoms with van der Waals surface area (Å²) in [5.41, 5.74) is 1.95. The van der Waals surface area contributed by atoms with Crippen LogP contribution >= 0.6 is 0 Å². The standard InChI is InChI=1S/C22H23N3O/c26-22(21-9-3-6-18-5-1-2-8-20(18)21)24-15-17-10-13-25(14-11-17)19-7-4-12-23-16-19/h1-9,12,16-17H,10-11,13-15H2,(H,24,26). The molecule has 2 aromatic carbocycles. The molecular formula is C22H23N3O. The second-order valence-corrected chi connectivity index (χ2v) is 6.88. The van der Waals surface area contributed by atoms with Crippen molar-refractivity contribution in [3.05, 3.63) is 72.6 Å². The minimum absolute atomic E-state index is 0.0245. The topological polar surface area (TPSA) is 45.2 Å². The Morgan fingerprint density at radius 3 is 2.65 bits per heavy atom. The predicted molar refractivity (Wildman–Crippen MR) is 105 cm³/mol. The molecule has 0 spiro atoms. The lowest BCUT2D eigenvalue weighted by Gasteiger charge is -2.33. The highest BCUT2D eigenvalue weighted by Gasteiger charge is 2.20. The fraction of sp³-hybridized carbons (Fsp3) is 0.273. The van der Waals surface area contributed by atoms with E-state index in [2.05, 4.69) is 21.3 Å². The quantitative estimate of drug-likeness (QED) is 0.780. The average Bonchev–Trinajstić information content (AvgIpc) is 2.72. The minimum Gasteiger partial charge on any atom is -0.370 e. The van der Waals surface area contributed by atoms with Crippen LogP contribution in [0.4, 0.5) is 5.69 Å². The Bertz CT molecular complexity index is 881. The van der Waals surface area contributed by atoms with Gasteiger partial charge in [-0.25, -0.2) is 0 Å². The van der Waals surface area contributed by atoms with Crippen LogP contribution in [0.25, 0.3) is 10.8 Å². The van der Waals surface area contributed by atoms with E-state index < -0.39 is 0 Å². The Morgan fingerprint density at radius 2 is 1.85 bits per heavy atom. The molecule has 1 aromatic heterocycles. The molecule has 0 atom stereocenters. The minimum atomic E-state index is 0.0245. The van der Waals surface area contributed by atoms with Crippen LogP contribution in [0.5, 0.6) is 0 Å². The Hall–Kier alpha value is -2.88. The molecule has 1 aliphatic heterocycles. The van der Waals surface area contributed by atoms with Crippen molar-refractivity contribution in [2.45, 2.75) is 12.8 Å². The molecule has 26 heavy (non-hydrogen) atoms. The molecule has 132 valence electrons. The van der Waals surface area contributed by atoms with Crippen molar-refractivity contribution in [1.82, 2.24) is 10.3 Å². The number of benzene rings is 2. The molecule has 0 aliphatic carbocycles. The first-order chi connectivity index (χ1) is 12.8. The second kappa shape index (κ2) is 7.56. The highest BCUT2D eigenvalue weighted by Crippen LogP contribution is 2.22. The third-order valence-corrected chi connectivity index (χ3v) is 5.21. The molecule has 3 aromatic rings. The summed E-state index contributed by atoms with van der Waals surface area (Å²) in [6.07, 6.45) is 5.90. The summed E-state index contributed by atoms with van der Waals surface area (Å²) in [4.78, 5) is 19.2. The zero-order valence-corrected chi connectivity index (χ0v) is 14.8. The molecule has 1 N–H and O–H groups in total. The van der Waals surface area contributed by atoms with Gasteiger partial charge in [-0.1, -0.05) is 36.4 Å². The van der Waals surface area contributed by atoms with Gasteiger partial charge in [0.2, 0.25) is 0 Å². The van der Waals surface area contributed by atoms with Crippen molar-refractivity contribution in [3.8, 4) is 0 Å². The molecule has 4 rings (SSSR count). The molecule has 4 nitrogen and oxygen atoms in total. The van der Waals surface area contributed by atoms with E-state index in [0.29, 0.717) is 5.92 Å². The molecule has 1 saturated heterocycles. The maximum Gasteiger partial charge on any atom is 0.251 e. The highest BCUT2D eigenvalue weighted by molar-refractivity contribution is 6.06. The van der Waals surface area contributed by atoms with E-state index in [1.54, 1.807) is 6.20 Å². The molecule has 4 heteroatoms. The molecular weight excluding hydrogens is 322 g/mol. The van der Waals surface area contributed by atoms with Crippen molar-refractivity contribution in [3.63, 3.8) is 0 Å². The molecule has 1 aliphatic rings. The van der Waals surface area contributed by atoms with Gasteiger partial charge >= 0.3 is 0 Å². The summed E-state index contributed by atoms with van der Waals surface area (Å²) in [5.74, 6) is 0.554. The highest BCUT2D eigenvalue weighted by atomic mass is 16.1. The molecule has 0 unspecified atom stereocenters. The number of aromatic nitrogens is 1. The summed E-state index contributed by atoms with van der Waals surface area (Å²) in [6.45, 7) is 2.77. The van der Waals surface area contributed by atoms with Crippen LogP contribution in [-0.4, -0.2) is 30.5 Å². The predicted octanol–water partition coefficient (Wildman–Crippen LogP) is 3.88. The van der Waals surface area contributed by atoms with Crippen molar-refractivity contribution in [2.75, 3.05) is 24.5 Å². The lowest BCUT2D eigenvalue weighted by molar-refractivity contribution is 0.0946. The molecule has 2 heterocycles. The van der Waals surface area contributed by atoms with Gasteiger partial charge in [-0.05, 0) is 47.7 Å². The third kappa shape index (κ3) is 3.54. The van der Waals surface area contributed by atoms with Crippen LogP contribution in [0.1, 0.15) is 23.2 Å². The van der Waals surface area contributed by atoms with Gasteiger partial charge in [-0.2, -0.15) is 0 Å². The van der Waals surface area contributed by atoms with Gasteiger partial charge in [0.1, 0.15) is 0 Å². The van der Waals surface area contributed by atoms with E-state index in [9.17, 15) is 4.79 Å². The number of rotatable bonds is 4. The van der Waals surface area contributed by atoms with Crippen molar-refractivity contribution >= 4 is 22.4 Å². The first-order valence-corrected chi connectivity index (χ1v) is 9.22. The van der Waals surface area contributed by atoms with Gasteiger partial charge in [-0.3, -0.25) is 9.78 Å². The zero-order valence-electron chi connectivity index (χ0n) is 14.8. The van der Waals surface area contributed by atoms with E-state index in [1.165, 1.54) is 5.69 Å². The maximum atomic E-state index is 12.7. The number of nitrogens with zero attached hydrogens (tertiary/aromatic N) is 2. The molecule has 1 amide bonds. The fourth-order valence-electron chi connectivity index (χ4n) is 3.69. The number of piperidine rings is 1. The summed E-state index contributed by atoms with van der Waals surface area (Å²) >= 11 is 0. The summed E-state index contributed by atoms with van der Waals surface area (Å²) < 4.78 is 0. The number of hydrogen-bond donors (Lipinski definition) is 1. The van der Waals surface area contributed by atoms with E-state index in [4.69, 9.17) is 0 Å². The van der Waals surface area contributed by atoms with Gasteiger partial charge in [0.15, 0.2) is 0 Å². The van der Waals surface area contributed by atoms with Crippen LogP contribution in [0.2, 0.25) is 0 Å². The summed E-state index contributed by atoms with van der Waals surface area (Å²) in [5, 5.41) is 5.26. The molecule has 0 radical (unpaired) electrons. The Morgan fingerprint density at radius 1 is 1.04 bits per heavy atom. The van der Waals surface area contributed by atoms with Gasteiger partial charge in [-0.15, -0.1) is 0 Å². The molecule has 1 fully saturated rings. The number of carbonyl (C=O) groups excluding carboxylic acids is 1. The van der Waals surface area contributed by atoms with Crippen LogP contribution < -0.4 is 10.2 Å². The second-order valence-electron chi connectivity index (χ2n) is 6.88. The van der Waals surface area contributed by atoms with Crippen molar-refractivity contribution in [2.24, 2.45) is 5.92 Å². The first-order valence-electron chi connectivity index (χ1n) is 9.22. The third-order valence-electron chi connectivity index (χ3n) is 5.21. The van der Waals surface area contributed by atoms with Crippen LogP contribution in [0.3, 0.4) is 0 Å². The lowest BCUT2D eigenvalue weighted by Crippen LogP contribution is -2.38. The largest absolute Gasteiger partial charge is 0.370 e. The van der Waals surface area contributed by atoms with Crippen LogP contribution in [0.15, 0.2) is 67.0 Å². The number of anilines is 1. The van der Waals surface area contributed by atoms with E-state index in [1.807, 2.05) is 54.7 Å². The maximum absolute atomic E-state index is 12.7. The monoisotopic (exact) mass is 345 g/mol. The average molecular weight is 345 g/mol. The van der Waals surface area contributed by atoms with E-state index in [0.717, 1.165) is 48.8 Å². The Labute approximate surface area is 153 Å². The number of hydrogen-bond acceptors (Lipinski definition) is 3. The smallest absolute Gasteiger partial charge is 0.251 e. The number of pyridine rings is 1. The van der Waals surface area contributed by atoms with E-state index >= 15 is 0 Å². The van der Waals surface area contributed by atoms with Crippen molar-refractivity contribution in [1.29, 1.82) is 0 Å². The summed E-state index contributed by atoms with van der Waals surface area (Å²) in [7, 11) is 0. The van der Waals surface area contributed by atoms with Gasteiger partial charge in [0.05, 0.1) is 11.9 Å². The van der Waals surface area contributed by atoms with Crippen molar-refractivity contribution < 1.29 is 4.79 Å². The van der Waals surface area contributed by atoms with Gasteiger partial charge in [0, 0.05) is 31.4 Å².